The van der Waals surface area contributed by atoms with Gasteiger partial charge in [0.05, 0.1) is 11.3 Å². The molecule has 0 N–H and O–H groups in total. The first-order valence-corrected chi connectivity index (χ1v) is 9.22. The summed E-state index contributed by atoms with van der Waals surface area (Å²) in [4.78, 5) is 9.48. The van der Waals surface area contributed by atoms with E-state index >= 15 is 0 Å². The second-order valence-electron chi connectivity index (χ2n) is 6.21. The lowest BCUT2D eigenvalue weighted by molar-refractivity contribution is 0.660. The molecular weight excluding hydrogens is 316 g/mol. The van der Waals surface area contributed by atoms with Crippen molar-refractivity contribution in [1.29, 1.82) is 5.26 Å². The summed E-state index contributed by atoms with van der Waals surface area (Å²) in [6, 6.07) is 8.44. The van der Waals surface area contributed by atoms with Crippen LogP contribution in [0.5, 0.6) is 0 Å². The van der Waals surface area contributed by atoms with Crippen molar-refractivity contribution in [2.24, 2.45) is 0 Å². The summed E-state index contributed by atoms with van der Waals surface area (Å²) in [7, 11) is 0. The number of hydrogen-bond acceptors (Lipinski definition) is 4. The number of fused-ring (bicyclic) bond motifs is 2. The second-order valence-corrected chi connectivity index (χ2v) is 7.17. The molecule has 5 heteroatoms. The van der Waals surface area contributed by atoms with E-state index in [1.165, 1.54) is 29.7 Å². The molecular formula is C19H18N4S. The molecule has 0 bridgehead atoms. The summed E-state index contributed by atoms with van der Waals surface area (Å²) in [5.74, 6) is 0.724. The molecule has 3 heterocycles. The minimum Gasteiger partial charge on any atom is -0.307 e. The molecule has 1 aliphatic rings. The van der Waals surface area contributed by atoms with Crippen LogP contribution in [0.4, 0.5) is 0 Å². The van der Waals surface area contributed by atoms with Gasteiger partial charge in [0.25, 0.3) is 0 Å². The summed E-state index contributed by atoms with van der Waals surface area (Å²) in [5.41, 5.74) is 6.29. The third kappa shape index (κ3) is 2.78. The highest BCUT2D eigenvalue weighted by atomic mass is 32.2. The van der Waals surface area contributed by atoms with E-state index in [2.05, 4.69) is 29.7 Å². The van der Waals surface area contributed by atoms with E-state index in [9.17, 15) is 5.26 Å². The molecule has 3 aromatic heterocycles. The number of imidazole rings is 1. The molecule has 4 rings (SSSR count). The van der Waals surface area contributed by atoms with Gasteiger partial charge >= 0.3 is 0 Å². The van der Waals surface area contributed by atoms with Gasteiger partial charge in [0.15, 0.2) is 0 Å². The minimum absolute atomic E-state index is 0.695. The molecule has 24 heavy (non-hydrogen) atoms. The first-order valence-electron chi connectivity index (χ1n) is 8.23. The molecule has 120 valence electrons. The Morgan fingerprint density at radius 2 is 2.17 bits per heavy atom. The molecule has 0 unspecified atom stereocenters. The van der Waals surface area contributed by atoms with Crippen LogP contribution in [0.2, 0.25) is 0 Å². The average molecular weight is 334 g/mol. The molecule has 3 aromatic rings. The summed E-state index contributed by atoms with van der Waals surface area (Å²) >= 11 is 1.61. The minimum atomic E-state index is 0.695. The van der Waals surface area contributed by atoms with Crippen LogP contribution in [-0.2, 0) is 18.6 Å². The summed E-state index contributed by atoms with van der Waals surface area (Å²) < 4.78 is 2.05. The van der Waals surface area contributed by atoms with Crippen molar-refractivity contribution in [3.63, 3.8) is 0 Å². The van der Waals surface area contributed by atoms with Crippen LogP contribution in [0.3, 0.4) is 0 Å². The van der Waals surface area contributed by atoms with Crippen LogP contribution in [0.25, 0.3) is 5.65 Å². The lowest BCUT2D eigenvalue weighted by Crippen LogP contribution is -2.07. The van der Waals surface area contributed by atoms with Crippen LogP contribution in [0.1, 0.15) is 40.9 Å². The summed E-state index contributed by atoms with van der Waals surface area (Å²) in [6.45, 7) is 2.07. The fourth-order valence-electron chi connectivity index (χ4n) is 3.22. The predicted octanol–water partition coefficient (Wildman–Crippen LogP) is 4.08. The SMILES string of the molecule is Cc1cccn2cc(CSc3nc4c(cc3C#N)CCCC4)nc12. The van der Waals surface area contributed by atoms with E-state index in [1.807, 2.05) is 18.3 Å². The Hall–Kier alpha value is -2.32. The van der Waals surface area contributed by atoms with Crippen molar-refractivity contribution in [3.8, 4) is 6.07 Å². The van der Waals surface area contributed by atoms with E-state index in [-0.39, 0.29) is 0 Å². The highest BCUT2D eigenvalue weighted by Crippen LogP contribution is 2.29. The van der Waals surface area contributed by atoms with Gasteiger partial charge < -0.3 is 4.40 Å². The molecule has 0 fully saturated rings. The molecule has 0 saturated carbocycles. The van der Waals surface area contributed by atoms with E-state index in [0.717, 1.165) is 35.0 Å². The number of pyridine rings is 2. The first kappa shape index (κ1) is 15.2. The Labute approximate surface area is 145 Å². The van der Waals surface area contributed by atoms with Gasteiger partial charge in [-0.05, 0) is 55.9 Å². The van der Waals surface area contributed by atoms with Gasteiger partial charge in [0.1, 0.15) is 16.7 Å². The van der Waals surface area contributed by atoms with Gasteiger partial charge in [-0.3, -0.25) is 0 Å². The maximum absolute atomic E-state index is 9.44. The molecule has 0 aliphatic heterocycles. The van der Waals surface area contributed by atoms with Crippen molar-refractivity contribution in [2.75, 3.05) is 0 Å². The number of rotatable bonds is 3. The lowest BCUT2D eigenvalue weighted by Gasteiger charge is -2.16. The van der Waals surface area contributed by atoms with E-state index < -0.39 is 0 Å². The van der Waals surface area contributed by atoms with Gasteiger partial charge in [0.2, 0.25) is 0 Å². The summed E-state index contributed by atoms with van der Waals surface area (Å²) in [5, 5.41) is 10.3. The van der Waals surface area contributed by atoms with E-state index in [1.54, 1.807) is 11.8 Å². The van der Waals surface area contributed by atoms with Gasteiger partial charge in [-0.2, -0.15) is 5.26 Å². The molecule has 4 nitrogen and oxygen atoms in total. The number of thioether (sulfide) groups is 1. The zero-order valence-corrected chi connectivity index (χ0v) is 14.4. The van der Waals surface area contributed by atoms with Crippen LogP contribution in [-0.4, -0.2) is 14.4 Å². The zero-order valence-electron chi connectivity index (χ0n) is 13.6. The summed E-state index contributed by atoms with van der Waals surface area (Å²) in [6.07, 6.45) is 8.55. The maximum Gasteiger partial charge on any atom is 0.139 e. The molecule has 0 atom stereocenters. The highest BCUT2D eigenvalue weighted by molar-refractivity contribution is 7.98. The number of aromatic nitrogens is 3. The molecule has 0 saturated heterocycles. The number of nitrogens with zero attached hydrogens (tertiary/aromatic N) is 4. The van der Waals surface area contributed by atoms with Gasteiger partial charge in [-0.15, -0.1) is 0 Å². The van der Waals surface area contributed by atoms with Crippen molar-refractivity contribution < 1.29 is 0 Å². The first-order chi connectivity index (χ1) is 11.7. The number of hydrogen-bond donors (Lipinski definition) is 0. The molecule has 1 aliphatic carbocycles. The van der Waals surface area contributed by atoms with Crippen LogP contribution >= 0.6 is 11.8 Å². The quantitative estimate of drug-likeness (QED) is 0.677. The van der Waals surface area contributed by atoms with Crippen LogP contribution in [0, 0.1) is 18.3 Å². The topological polar surface area (TPSA) is 54.0 Å². The number of nitriles is 1. The lowest BCUT2D eigenvalue weighted by atomic mass is 9.95. The number of aryl methyl sites for hydroxylation is 3. The van der Waals surface area contributed by atoms with Crippen molar-refractivity contribution in [1.82, 2.24) is 14.4 Å². The van der Waals surface area contributed by atoms with Gasteiger partial charge in [0, 0.05) is 23.8 Å². The second kappa shape index (κ2) is 6.29. The molecule has 0 amide bonds. The standard InChI is InChI=1S/C19H18N4S/c1-13-5-4-8-23-11-16(21-18(13)23)12-24-19-15(10-20)9-14-6-2-3-7-17(14)22-19/h4-5,8-9,11H,2-3,6-7,12H2,1H3. The van der Waals surface area contributed by atoms with Crippen LogP contribution < -0.4 is 0 Å². The average Bonchev–Trinajstić information content (AvgIpc) is 3.03. The Balaban J connectivity index is 1.60. The largest absolute Gasteiger partial charge is 0.307 e. The van der Waals surface area contributed by atoms with Crippen molar-refractivity contribution >= 4 is 17.4 Å². The predicted molar refractivity (Wildman–Crippen MR) is 95.1 cm³/mol. The van der Waals surface area contributed by atoms with Gasteiger partial charge in [-0.1, -0.05) is 17.8 Å². The third-order valence-electron chi connectivity index (χ3n) is 4.47. The molecule has 0 spiro atoms. The fraction of sp³-hybridized carbons (Fsp3) is 0.316. The smallest absolute Gasteiger partial charge is 0.139 e. The maximum atomic E-state index is 9.44. The van der Waals surface area contributed by atoms with Crippen molar-refractivity contribution in [3.05, 3.63) is 58.7 Å². The highest BCUT2D eigenvalue weighted by Gasteiger charge is 2.16. The normalized spacial score (nSPS) is 13.7. The van der Waals surface area contributed by atoms with E-state index in [0.29, 0.717) is 5.56 Å². The fourth-order valence-corrected chi connectivity index (χ4v) is 4.08. The Bertz CT molecular complexity index is 952. The van der Waals surface area contributed by atoms with E-state index in [4.69, 9.17) is 9.97 Å². The van der Waals surface area contributed by atoms with Crippen molar-refractivity contribution in [2.45, 2.75) is 43.4 Å². The Morgan fingerprint density at radius 3 is 3.00 bits per heavy atom. The Morgan fingerprint density at radius 1 is 1.29 bits per heavy atom. The molecule has 0 radical (unpaired) electrons. The van der Waals surface area contributed by atoms with Gasteiger partial charge in [-0.25, -0.2) is 9.97 Å². The Kier molecular flexibility index (Phi) is 3.99. The van der Waals surface area contributed by atoms with Crippen LogP contribution in [0.15, 0.2) is 35.6 Å². The zero-order chi connectivity index (χ0) is 16.5. The monoisotopic (exact) mass is 334 g/mol. The third-order valence-corrected chi connectivity index (χ3v) is 5.50. The molecule has 0 aromatic carbocycles.